The minimum atomic E-state index is -3.54. The van der Waals surface area contributed by atoms with Gasteiger partial charge in [-0.3, -0.25) is 4.79 Å². The summed E-state index contributed by atoms with van der Waals surface area (Å²) in [6.07, 6.45) is 0. The van der Waals surface area contributed by atoms with Crippen LogP contribution >= 0.6 is 11.8 Å². The molecule has 0 aliphatic heterocycles. The number of hydrogen-bond donors (Lipinski definition) is 1. The SMILES string of the molecule is CCn1c(CSCC(=O)Nc2ccc(N=Nc3ccccc3)cc2)nc2cc(S(=O)(=O)N(C)C)ccc21. The van der Waals surface area contributed by atoms with Gasteiger partial charge in [0, 0.05) is 26.3 Å². The molecule has 192 valence electrons. The fraction of sp³-hybridized carbons (Fsp3) is 0.231. The molecule has 4 aromatic rings. The van der Waals surface area contributed by atoms with Crippen molar-refractivity contribution in [2.75, 3.05) is 25.2 Å². The molecule has 0 atom stereocenters. The van der Waals surface area contributed by atoms with Crippen LogP contribution in [-0.4, -0.2) is 48.0 Å². The number of imidazole rings is 1. The fourth-order valence-electron chi connectivity index (χ4n) is 3.65. The predicted molar refractivity (Wildman–Crippen MR) is 148 cm³/mol. The first-order valence-corrected chi connectivity index (χ1v) is 14.2. The smallest absolute Gasteiger partial charge is 0.242 e. The average Bonchev–Trinajstić information content (AvgIpc) is 3.25. The zero-order chi connectivity index (χ0) is 26.4. The average molecular weight is 537 g/mol. The molecular formula is C26H28N6O3S2. The molecular weight excluding hydrogens is 508 g/mol. The fourth-order valence-corrected chi connectivity index (χ4v) is 5.33. The highest BCUT2D eigenvalue weighted by molar-refractivity contribution is 7.99. The third-order valence-electron chi connectivity index (χ3n) is 5.55. The molecule has 1 heterocycles. The number of azo groups is 1. The maximum Gasteiger partial charge on any atom is 0.242 e. The maximum atomic E-state index is 12.5. The monoisotopic (exact) mass is 536 g/mol. The topological polar surface area (TPSA) is 109 Å². The van der Waals surface area contributed by atoms with Crippen LogP contribution in [0, 0.1) is 0 Å². The Bertz CT molecular complexity index is 1520. The van der Waals surface area contributed by atoms with E-state index in [0.717, 1.165) is 17.0 Å². The Kier molecular flexibility index (Phi) is 8.37. The van der Waals surface area contributed by atoms with Crippen LogP contribution in [-0.2, 0) is 27.1 Å². The Hall–Kier alpha value is -3.54. The number of benzene rings is 3. The van der Waals surface area contributed by atoms with Crippen molar-refractivity contribution >= 4 is 55.8 Å². The van der Waals surface area contributed by atoms with Crippen molar-refractivity contribution < 1.29 is 13.2 Å². The first-order valence-electron chi connectivity index (χ1n) is 11.6. The standard InChI is InChI=1S/C26H28N6O3S2/c1-4-32-24-15-14-22(37(34,35)31(2)3)16-23(24)28-25(32)17-36-18-26(33)27-19-10-12-21(13-11-19)30-29-20-8-6-5-7-9-20/h5-16H,4,17-18H2,1-3H3,(H,27,33). The lowest BCUT2D eigenvalue weighted by atomic mass is 10.3. The summed E-state index contributed by atoms with van der Waals surface area (Å²) in [7, 11) is -0.535. The van der Waals surface area contributed by atoms with Crippen LogP contribution in [0.1, 0.15) is 12.7 Å². The summed E-state index contributed by atoms with van der Waals surface area (Å²) < 4.78 is 28.2. The molecule has 0 unspecified atom stereocenters. The molecule has 1 N–H and O–H groups in total. The normalized spacial score (nSPS) is 12.0. The molecule has 9 nitrogen and oxygen atoms in total. The van der Waals surface area contributed by atoms with Gasteiger partial charge in [-0.2, -0.15) is 10.2 Å². The van der Waals surface area contributed by atoms with Crippen molar-refractivity contribution in [2.24, 2.45) is 10.2 Å². The van der Waals surface area contributed by atoms with E-state index in [-0.39, 0.29) is 16.6 Å². The van der Waals surface area contributed by atoms with Crippen LogP contribution in [0.25, 0.3) is 11.0 Å². The summed E-state index contributed by atoms with van der Waals surface area (Å²) >= 11 is 1.45. The van der Waals surface area contributed by atoms with E-state index in [2.05, 4.69) is 20.5 Å². The van der Waals surface area contributed by atoms with E-state index in [1.54, 1.807) is 42.5 Å². The van der Waals surface area contributed by atoms with E-state index >= 15 is 0 Å². The van der Waals surface area contributed by atoms with E-state index < -0.39 is 10.0 Å². The lowest BCUT2D eigenvalue weighted by molar-refractivity contribution is -0.113. The molecule has 0 aliphatic rings. The van der Waals surface area contributed by atoms with Gasteiger partial charge < -0.3 is 9.88 Å². The van der Waals surface area contributed by atoms with Crippen LogP contribution < -0.4 is 5.32 Å². The third-order valence-corrected chi connectivity index (χ3v) is 8.29. The Labute approximate surface area is 220 Å². The summed E-state index contributed by atoms with van der Waals surface area (Å²) in [6.45, 7) is 2.70. The van der Waals surface area contributed by atoms with E-state index in [9.17, 15) is 13.2 Å². The van der Waals surface area contributed by atoms with Gasteiger partial charge in [0.1, 0.15) is 5.82 Å². The Morgan fingerprint density at radius 2 is 1.68 bits per heavy atom. The van der Waals surface area contributed by atoms with Crippen molar-refractivity contribution in [1.29, 1.82) is 0 Å². The van der Waals surface area contributed by atoms with Gasteiger partial charge in [-0.15, -0.1) is 11.8 Å². The quantitative estimate of drug-likeness (QED) is 0.266. The highest BCUT2D eigenvalue weighted by Crippen LogP contribution is 2.25. The number of carbonyl (C=O) groups excluding carboxylic acids is 1. The lowest BCUT2D eigenvalue weighted by Gasteiger charge is -2.11. The number of carbonyl (C=O) groups is 1. The lowest BCUT2D eigenvalue weighted by Crippen LogP contribution is -2.22. The largest absolute Gasteiger partial charge is 0.328 e. The maximum absolute atomic E-state index is 12.5. The number of aryl methyl sites for hydroxylation is 1. The molecule has 0 radical (unpaired) electrons. The molecule has 1 aromatic heterocycles. The van der Waals surface area contributed by atoms with E-state index in [4.69, 9.17) is 0 Å². The van der Waals surface area contributed by atoms with E-state index in [0.29, 0.717) is 29.2 Å². The van der Waals surface area contributed by atoms with Crippen LogP contribution in [0.4, 0.5) is 17.1 Å². The molecule has 0 saturated carbocycles. The zero-order valence-corrected chi connectivity index (χ0v) is 22.5. The Morgan fingerprint density at radius 1 is 1.00 bits per heavy atom. The predicted octanol–water partition coefficient (Wildman–Crippen LogP) is 5.59. The molecule has 0 bridgehead atoms. The van der Waals surface area contributed by atoms with Gasteiger partial charge in [0.15, 0.2) is 0 Å². The highest BCUT2D eigenvalue weighted by Gasteiger charge is 2.19. The first-order chi connectivity index (χ1) is 17.8. The number of fused-ring (bicyclic) bond motifs is 1. The summed E-state index contributed by atoms with van der Waals surface area (Å²) in [4.78, 5) is 17.3. The molecule has 3 aromatic carbocycles. The van der Waals surface area contributed by atoms with Crippen LogP contribution in [0.2, 0.25) is 0 Å². The van der Waals surface area contributed by atoms with Crippen LogP contribution in [0.5, 0.6) is 0 Å². The zero-order valence-electron chi connectivity index (χ0n) is 20.8. The molecule has 1 amide bonds. The molecule has 0 fully saturated rings. The van der Waals surface area contributed by atoms with Gasteiger partial charge in [-0.25, -0.2) is 17.7 Å². The number of amides is 1. The summed E-state index contributed by atoms with van der Waals surface area (Å²) in [5, 5.41) is 11.3. The molecule has 11 heteroatoms. The number of nitrogens with one attached hydrogen (secondary N) is 1. The van der Waals surface area contributed by atoms with Crippen molar-refractivity contribution in [3.63, 3.8) is 0 Å². The van der Waals surface area contributed by atoms with Crippen molar-refractivity contribution in [3.05, 3.63) is 78.6 Å². The second-order valence-electron chi connectivity index (χ2n) is 8.33. The number of thioether (sulfide) groups is 1. The molecule has 37 heavy (non-hydrogen) atoms. The second-order valence-corrected chi connectivity index (χ2v) is 11.5. The van der Waals surface area contributed by atoms with E-state index in [1.807, 2.05) is 41.8 Å². The van der Waals surface area contributed by atoms with Gasteiger partial charge in [0.05, 0.1) is 38.8 Å². The van der Waals surface area contributed by atoms with Crippen molar-refractivity contribution in [3.8, 4) is 0 Å². The Morgan fingerprint density at radius 3 is 2.32 bits per heavy atom. The number of sulfonamides is 1. The summed E-state index contributed by atoms with van der Waals surface area (Å²) in [5.41, 5.74) is 3.63. The van der Waals surface area contributed by atoms with Gasteiger partial charge in [0.25, 0.3) is 0 Å². The third kappa shape index (κ3) is 6.43. The van der Waals surface area contributed by atoms with Gasteiger partial charge >= 0.3 is 0 Å². The molecule has 0 aliphatic carbocycles. The Balaban J connectivity index is 1.35. The number of aromatic nitrogens is 2. The second kappa shape index (κ2) is 11.7. The number of nitrogens with zero attached hydrogens (tertiary/aromatic N) is 5. The van der Waals surface area contributed by atoms with Crippen molar-refractivity contribution in [2.45, 2.75) is 24.1 Å². The van der Waals surface area contributed by atoms with Gasteiger partial charge in [-0.1, -0.05) is 18.2 Å². The number of anilines is 1. The molecule has 4 rings (SSSR count). The highest BCUT2D eigenvalue weighted by atomic mass is 32.2. The summed E-state index contributed by atoms with van der Waals surface area (Å²) in [6, 6.07) is 21.6. The minimum absolute atomic E-state index is 0.123. The summed E-state index contributed by atoms with van der Waals surface area (Å²) in [5.74, 6) is 1.44. The first kappa shape index (κ1) is 26.5. The van der Waals surface area contributed by atoms with Gasteiger partial charge in [-0.05, 0) is 61.5 Å². The minimum Gasteiger partial charge on any atom is -0.328 e. The van der Waals surface area contributed by atoms with E-state index in [1.165, 1.54) is 30.2 Å². The van der Waals surface area contributed by atoms with Crippen LogP contribution in [0.3, 0.4) is 0 Å². The number of hydrogen-bond acceptors (Lipinski definition) is 7. The van der Waals surface area contributed by atoms with Crippen molar-refractivity contribution in [1.82, 2.24) is 13.9 Å². The number of rotatable bonds is 10. The molecule has 0 saturated heterocycles. The molecule has 0 spiro atoms. The van der Waals surface area contributed by atoms with Gasteiger partial charge in [0.2, 0.25) is 15.9 Å². The van der Waals surface area contributed by atoms with Crippen LogP contribution in [0.15, 0.2) is 87.9 Å².